The first kappa shape index (κ1) is 22.7. The van der Waals surface area contributed by atoms with Crippen LogP contribution in [-0.4, -0.2) is 59.1 Å². The molecule has 4 rings (SSSR count). The van der Waals surface area contributed by atoms with Gasteiger partial charge in [-0.1, -0.05) is 19.1 Å². The zero-order valence-corrected chi connectivity index (χ0v) is 19.9. The lowest BCUT2D eigenvalue weighted by Gasteiger charge is -2.37. The van der Waals surface area contributed by atoms with Crippen LogP contribution in [0.3, 0.4) is 0 Å². The van der Waals surface area contributed by atoms with Crippen LogP contribution < -0.4 is 9.64 Å². The van der Waals surface area contributed by atoms with Gasteiger partial charge in [-0.2, -0.15) is 0 Å². The Morgan fingerprint density at radius 2 is 1.66 bits per heavy atom. The van der Waals surface area contributed by atoms with Crippen LogP contribution in [-0.2, 0) is 24.9 Å². The van der Waals surface area contributed by atoms with Gasteiger partial charge in [-0.05, 0) is 50.5 Å². The molecule has 32 heavy (non-hydrogen) atoms. The highest BCUT2D eigenvalue weighted by Crippen LogP contribution is 2.30. The van der Waals surface area contributed by atoms with Crippen molar-refractivity contribution in [3.05, 3.63) is 47.8 Å². The first-order valence-corrected chi connectivity index (χ1v) is 12.2. The normalized spacial score (nSPS) is 18.8. The summed E-state index contributed by atoms with van der Waals surface area (Å²) >= 11 is 0. The number of hydrogen-bond donors (Lipinski definition) is 0. The quantitative estimate of drug-likeness (QED) is 0.624. The van der Waals surface area contributed by atoms with Gasteiger partial charge < -0.3 is 19.1 Å². The van der Waals surface area contributed by atoms with E-state index < -0.39 is 0 Å². The molecule has 1 atom stereocenters. The lowest BCUT2D eigenvalue weighted by atomic mass is 10.1. The van der Waals surface area contributed by atoms with Crippen molar-refractivity contribution in [3.63, 3.8) is 0 Å². The van der Waals surface area contributed by atoms with E-state index in [9.17, 15) is 4.79 Å². The molecule has 6 heteroatoms. The van der Waals surface area contributed by atoms with E-state index in [1.54, 1.807) is 0 Å². The SMILES string of the molecule is CC[C@@H](C)Oc1ccccc1N1CCN(Cc2ccc(CN3CCCCC3=O)n2C)CC1. The number of para-hydroxylation sites is 2. The van der Waals surface area contributed by atoms with Gasteiger partial charge >= 0.3 is 0 Å². The van der Waals surface area contributed by atoms with Crippen molar-refractivity contribution >= 4 is 11.6 Å². The number of nitrogens with zero attached hydrogens (tertiary/aromatic N) is 4. The predicted octanol–water partition coefficient (Wildman–Crippen LogP) is 4.04. The van der Waals surface area contributed by atoms with Crippen LogP contribution in [0.25, 0.3) is 0 Å². The van der Waals surface area contributed by atoms with Crippen molar-refractivity contribution in [1.82, 2.24) is 14.4 Å². The molecule has 0 radical (unpaired) electrons. The van der Waals surface area contributed by atoms with Crippen LogP contribution in [0.2, 0.25) is 0 Å². The molecule has 0 bridgehead atoms. The maximum absolute atomic E-state index is 12.2. The first-order valence-electron chi connectivity index (χ1n) is 12.2. The Hall–Kier alpha value is -2.47. The summed E-state index contributed by atoms with van der Waals surface area (Å²) in [6.07, 6.45) is 4.09. The molecule has 2 fully saturated rings. The summed E-state index contributed by atoms with van der Waals surface area (Å²) in [4.78, 5) is 19.2. The summed E-state index contributed by atoms with van der Waals surface area (Å²) in [5.41, 5.74) is 3.75. The molecule has 2 aromatic rings. The van der Waals surface area contributed by atoms with Crippen LogP contribution in [0.5, 0.6) is 5.75 Å². The number of amides is 1. The number of aromatic nitrogens is 1. The molecule has 3 heterocycles. The fraction of sp³-hybridized carbons (Fsp3) is 0.577. The Bertz CT molecular complexity index is 901. The first-order chi connectivity index (χ1) is 15.5. The number of likely N-dealkylation sites (tertiary alicyclic amines) is 1. The Kier molecular flexibility index (Phi) is 7.40. The summed E-state index contributed by atoms with van der Waals surface area (Å²) in [5, 5.41) is 0. The van der Waals surface area contributed by atoms with Gasteiger partial charge in [0, 0.05) is 64.1 Å². The second-order valence-electron chi connectivity index (χ2n) is 9.22. The standard InChI is InChI=1S/C26H38N4O2/c1-4-21(2)32-25-10-6-5-9-24(25)29-17-15-28(16-18-29)19-22-12-13-23(27(22)3)20-30-14-8-7-11-26(30)31/h5-6,9-10,12-13,21H,4,7-8,11,14-20H2,1-3H3/t21-/m1/s1. The molecule has 0 spiro atoms. The highest BCUT2D eigenvalue weighted by atomic mass is 16.5. The van der Waals surface area contributed by atoms with Gasteiger partial charge in [0.1, 0.15) is 5.75 Å². The van der Waals surface area contributed by atoms with E-state index in [4.69, 9.17) is 4.74 Å². The van der Waals surface area contributed by atoms with Crippen molar-refractivity contribution in [1.29, 1.82) is 0 Å². The Morgan fingerprint density at radius 3 is 2.38 bits per heavy atom. The number of carbonyl (C=O) groups is 1. The Labute approximate surface area is 192 Å². The molecule has 0 unspecified atom stereocenters. The summed E-state index contributed by atoms with van der Waals surface area (Å²) in [6, 6.07) is 12.8. The molecule has 1 aromatic carbocycles. The molecule has 1 aromatic heterocycles. The van der Waals surface area contributed by atoms with Crippen molar-refractivity contribution < 1.29 is 9.53 Å². The molecule has 0 N–H and O–H groups in total. The molecule has 1 amide bonds. The van der Waals surface area contributed by atoms with E-state index >= 15 is 0 Å². The van der Waals surface area contributed by atoms with Crippen LogP contribution in [0, 0.1) is 0 Å². The maximum Gasteiger partial charge on any atom is 0.222 e. The van der Waals surface area contributed by atoms with Crippen LogP contribution in [0.1, 0.15) is 50.9 Å². The minimum atomic E-state index is 0.226. The number of hydrogen-bond acceptors (Lipinski definition) is 4. The van der Waals surface area contributed by atoms with E-state index in [0.717, 1.165) is 70.8 Å². The second kappa shape index (κ2) is 10.4. The minimum absolute atomic E-state index is 0.226. The summed E-state index contributed by atoms with van der Waals surface area (Å²) in [7, 11) is 2.14. The molecule has 0 saturated carbocycles. The average molecular weight is 439 g/mol. The third-order valence-electron chi connectivity index (χ3n) is 6.97. The third-order valence-corrected chi connectivity index (χ3v) is 6.97. The average Bonchev–Trinajstić information content (AvgIpc) is 3.15. The number of carbonyl (C=O) groups excluding carboxylic acids is 1. The van der Waals surface area contributed by atoms with E-state index in [1.165, 1.54) is 17.1 Å². The number of rotatable bonds is 8. The highest BCUT2D eigenvalue weighted by molar-refractivity contribution is 5.76. The second-order valence-corrected chi connectivity index (χ2v) is 9.22. The molecule has 2 aliphatic rings. The smallest absolute Gasteiger partial charge is 0.222 e. The maximum atomic E-state index is 12.2. The van der Waals surface area contributed by atoms with E-state index in [-0.39, 0.29) is 6.10 Å². The highest BCUT2D eigenvalue weighted by Gasteiger charge is 2.22. The van der Waals surface area contributed by atoms with Crippen LogP contribution in [0.4, 0.5) is 5.69 Å². The number of ether oxygens (including phenoxy) is 1. The molecule has 2 saturated heterocycles. The molecule has 2 aliphatic heterocycles. The van der Waals surface area contributed by atoms with Gasteiger partial charge in [-0.15, -0.1) is 0 Å². The monoisotopic (exact) mass is 438 g/mol. The van der Waals surface area contributed by atoms with Gasteiger partial charge in [-0.3, -0.25) is 9.69 Å². The van der Waals surface area contributed by atoms with Gasteiger partial charge in [0.15, 0.2) is 0 Å². The van der Waals surface area contributed by atoms with Gasteiger partial charge in [-0.25, -0.2) is 0 Å². The van der Waals surface area contributed by atoms with Gasteiger partial charge in [0.05, 0.1) is 18.3 Å². The summed E-state index contributed by atoms with van der Waals surface area (Å²) in [5.74, 6) is 1.29. The number of anilines is 1. The van der Waals surface area contributed by atoms with E-state index in [0.29, 0.717) is 12.3 Å². The molecular formula is C26H38N4O2. The summed E-state index contributed by atoms with van der Waals surface area (Å²) in [6.45, 7) is 10.9. The number of piperidine rings is 1. The van der Waals surface area contributed by atoms with Crippen molar-refractivity contribution in [2.24, 2.45) is 7.05 Å². The van der Waals surface area contributed by atoms with Crippen LogP contribution in [0.15, 0.2) is 36.4 Å². The molecule has 6 nitrogen and oxygen atoms in total. The Morgan fingerprint density at radius 1 is 0.938 bits per heavy atom. The Balaban J connectivity index is 1.33. The third kappa shape index (κ3) is 5.29. The van der Waals surface area contributed by atoms with E-state index in [1.807, 2.05) is 4.90 Å². The van der Waals surface area contributed by atoms with Crippen molar-refractivity contribution in [2.75, 3.05) is 37.6 Å². The van der Waals surface area contributed by atoms with Gasteiger partial charge in [0.2, 0.25) is 5.91 Å². The number of benzene rings is 1. The zero-order chi connectivity index (χ0) is 22.5. The molecular weight excluding hydrogens is 400 g/mol. The van der Waals surface area contributed by atoms with Crippen molar-refractivity contribution in [2.45, 2.75) is 58.7 Å². The van der Waals surface area contributed by atoms with E-state index in [2.05, 4.69) is 71.7 Å². The zero-order valence-electron chi connectivity index (χ0n) is 19.9. The van der Waals surface area contributed by atoms with Crippen molar-refractivity contribution in [3.8, 4) is 5.75 Å². The number of piperazine rings is 1. The molecule has 0 aliphatic carbocycles. The predicted molar refractivity (Wildman–Crippen MR) is 129 cm³/mol. The lowest BCUT2D eigenvalue weighted by molar-refractivity contribution is -0.133. The van der Waals surface area contributed by atoms with Gasteiger partial charge in [0.25, 0.3) is 0 Å². The largest absolute Gasteiger partial charge is 0.489 e. The summed E-state index contributed by atoms with van der Waals surface area (Å²) < 4.78 is 8.45. The molecule has 174 valence electrons. The topological polar surface area (TPSA) is 41.0 Å². The minimum Gasteiger partial charge on any atom is -0.489 e. The fourth-order valence-electron chi connectivity index (χ4n) is 4.64. The fourth-order valence-corrected chi connectivity index (χ4v) is 4.64. The lowest BCUT2D eigenvalue weighted by Crippen LogP contribution is -2.46. The van der Waals surface area contributed by atoms with Crippen LogP contribution >= 0.6 is 0 Å².